The third-order valence-corrected chi connectivity index (χ3v) is 13.2. The van der Waals surface area contributed by atoms with Gasteiger partial charge in [0.25, 0.3) is 0 Å². The van der Waals surface area contributed by atoms with Gasteiger partial charge in [0, 0.05) is 11.1 Å². The second-order valence-corrected chi connectivity index (χ2v) is 17.3. The Hall–Kier alpha value is -7.68. The number of allylic oxidation sites excluding steroid dienone is 9. The van der Waals surface area contributed by atoms with Gasteiger partial charge in [-0.2, -0.15) is 0 Å². The molecule has 1 heterocycles. The highest BCUT2D eigenvalue weighted by Gasteiger charge is 2.27. The van der Waals surface area contributed by atoms with Crippen molar-refractivity contribution in [2.45, 2.75) is 45.4 Å². The van der Waals surface area contributed by atoms with Crippen molar-refractivity contribution < 1.29 is 0 Å². The van der Waals surface area contributed by atoms with Crippen molar-refractivity contribution in [2.75, 3.05) is 0 Å². The summed E-state index contributed by atoms with van der Waals surface area (Å²) in [5.74, 6) is 0. The number of fused-ring (bicyclic) bond motifs is 4. The van der Waals surface area contributed by atoms with Crippen LogP contribution >= 0.6 is 0 Å². The number of aryl methyl sites for hydroxylation is 2. The third-order valence-electron chi connectivity index (χ3n) is 13.2. The molecule has 11 rings (SSSR count). The SMILES string of the molecule is C/C=C\C=C/c1ccc(-c2ccc3c4c(c(-c5ccccc5)c(C5=CCCC=C5)c3c2)C=C(C2=Cc3nc(-c5ccccc5)c(-c5ccccc5)nc3CC2)CC4)c(-c2ccccc2)c1. The minimum atomic E-state index is 0.861. The van der Waals surface area contributed by atoms with Crippen LogP contribution in [0.15, 0.2) is 205 Å². The predicted octanol–water partition coefficient (Wildman–Crippen LogP) is 16.6. The summed E-state index contributed by atoms with van der Waals surface area (Å²) < 4.78 is 0. The number of benzene rings is 7. The molecule has 2 nitrogen and oxygen atoms in total. The van der Waals surface area contributed by atoms with E-state index in [2.05, 4.69) is 219 Å². The first-order valence-electron chi connectivity index (χ1n) is 23.2. The van der Waals surface area contributed by atoms with Crippen LogP contribution in [0.2, 0.25) is 0 Å². The molecule has 0 amide bonds. The normalized spacial score (nSPS) is 14.6. The smallest absolute Gasteiger partial charge is 0.0972 e. The molecule has 7 aromatic carbocycles. The van der Waals surface area contributed by atoms with Crippen molar-refractivity contribution in [1.29, 1.82) is 0 Å². The fraction of sp³-hybridized carbons (Fsp3) is 0.111. The van der Waals surface area contributed by atoms with Gasteiger partial charge in [-0.25, -0.2) is 9.97 Å². The number of rotatable bonds is 9. The van der Waals surface area contributed by atoms with Crippen molar-refractivity contribution in [2.24, 2.45) is 0 Å². The van der Waals surface area contributed by atoms with Gasteiger partial charge >= 0.3 is 0 Å². The lowest BCUT2D eigenvalue weighted by molar-refractivity contribution is 0.845. The molecule has 8 aromatic rings. The third kappa shape index (κ3) is 7.87. The molecule has 0 fully saturated rings. The molecule has 0 radical (unpaired) electrons. The van der Waals surface area contributed by atoms with Gasteiger partial charge in [-0.15, -0.1) is 0 Å². The summed E-state index contributed by atoms with van der Waals surface area (Å²) in [5, 5.41) is 2.66. The lowest BCUT2D eigenvalue weighted by atomic mass is 9.76. The monoisotopic (exact) mass is 834 g/mol. The number of hydrogen-bond donors (Lipinski definition) is 0. The van der Waals surface area contributed by atoms with Gasteiger partial charge in [0.1, 0.15) is 0 Å². The van der Waals surface area contributed by atoms with Crippen molar-refractivity contribution in [3.05, 3.63) is 239 Å². The van der Waals surface area contributed by atoms with Crippen LogP contribution in [0.1, 0.15) is 66.2 Å². The standard InChI is InChI=1S/C63H50N2/c1-2-3-9-20-43-31-35-52(55(39-43)44-21-10-4-11-22-44)51-33-37-54-53-36-32-49(40-56(53)60(45-23-12-5-13-24-45)61(57(54)41-51)46-25-14-6-15-26-46)50-34-38-58-59(42-50)65-63(48-29-18-8-19-30-48)62(64-58)47-27-16-7-17-28-47/h2-5,7-14,16-31,33,35,37,39-42H,6,15,32,34,36,38H2,1H3/b3-2-,20-9-. The molecule has 65 heavy (non-hydrogen) atoms. The zero-order chi connectivity index (χ0) is 43.5. The van der Waals surface area contributed by atoms with Gasteiger partial charge in [-0.3, -0.25) is 0 Å². The summed E-state index contributed by atoms with van der Waals surface area (Å²) >= 11 is 0. The van der Waals surface area contributed by atoms with Crippen molar-refractivity contribution in [1.82, 2.24) is 9.97 Å². The molecule has 0 bridgehead atoms. The summed E-state index contributed by atoms with van der Waals surface area (Å²) in [6, 6.07) is 57.2. The minimum absolute atomic E-state index is 0.861. The number of aromatic nitrogens is 2. The first-order valence-corrected chi connectivity index (χ1v) is 23.2. The zero-order valence-electron chi connectivity index (χ0n) is 36.8. The lowest BCUT2D eigenvalue weighted by Crippen LogP contribution is -2.11. The minimum Gasteiger partial charge on any atom is -0.248 e. The van der Waals surface area contributed by atoms with Crippen molar-refractivity contribution in [3.63, 3.8) is 0 Å². The van der Waals surface area contributed by atoms with Crippen molar-refractivity contribution in [3.8, 4) is 55.9 Å². The van der Waals surface area contributed by atoms with Gasteiger partial charge in [0.15, 0.2) is 0 Å². The average molecular weight is 835 g/mol. The van der Waals surface area contributed by atoms with E-state index in [1.165, 1.54) is 83.1 Å². The van der Waals surface area contributed by atoms with E-state index in [-0.39, 0.29) is 0 Å². The predicted molar refractivity (Wildman–Crippen MR) is 276 cm³/mol. The van der Waals surface area contributed by atoms with E-state index >= 15 is 0 Å². The summed E-state index contributed by atoms with van der Waals surface area (Å²) in [6.45, 7) is 2.05. The molecule has 0 atom stereocenters. The van der Waals surface area contributed by atoms with Crippen LogP contribution in [0.25, 0.3) is 90.5 Å². The van der Waals surface area contributed by atoms with Crippen LogP contribution in [-0.4, -0.2) is 9.97 Å². The number of hydrogen-bond acceptors (Lipinski definition) is 2. The fourth-order valence-electron chi connectivity index (χ4n) is 10.1. The van der Waals surface area contributed by atoms with Crippen LogP contribution in [0.5, 0.6) is 0 Å². The van der Waals surface area contributed by atoms with E-state index in [9.17, 15) is 0 Å². The Kier molecular flexibility index (Phi) is 11.0. The van der Waals surface area contributed by atoms with Gasteiger partial charge in [-0.05, 0) is 147 Å². The van der Waals surface area contributed by atoms with Crippen LogP contribution in [-0.2, 0) is 12.8 Å². The van der Waals surface area contributed by atoms with E-state index in [4.69, 9.17) is 9.97 Å². The van der Waals surface area contributed by atoms with E-state index in [1.54, 1.807) is 0 Å². The molecule has 0 aliphatic heterocycles. The highest BCUT2D eigenvalue weighted by molar-refractivity contribution is 6.09. The maximum atomic E-state index is 5.42. The summed E-state index contributed by atoms with van der Waals surface area (Å²) in [4.78, 5) is 10.8. The van der Waals surface area contributed by atoms with Crippen LogP contribution in [0, 0.1) is 0 Å². The van der Waals surface area contributed by atoms with Gasteiger partial charge in [-0.1, -0.05) is 194 Å². The molecular weight excluding hydrogens is 785 g/mol. The molecule has 0 saturated carbocycles. The molecule has 3 aliphatic rings. The Labute approximate surface area is 383 Å². The maximum absolute atomic E-state index is 5.42. The van der Waals surface area contributed by atoms with Gasteiger partial charge in [0.2, 0.25) is 0 Å². The molecule has 1 aromatic heterocycles. The Balaban J connectivity index is 1.10. The van der Waals surface area contributed by atoms with Crippen LogP contribution in [0.4, 0.5) is 0 Å². The first-order chi connectivity index (χ1) is 32.2. The number of nitrogens with zero attached hydrogens (tertiary/aromatic N) is 2. The second kappa shape index (κ2) is 17.8. The lowest BCUT2D eigenvalue weighted by Gasteiger charge is -2.28. The summed E-state index contributed by atoms with van der Waals surface area (Å²) in [6.07, 6.45) is 26.4. The van der Waals surface area contributed by atoms with E-state index < -0.39 is 0 Å². The largest absolute Gasteiger partial charge is 0.248 e. The molecule has 2 heteroatoms. The van der Waals surface area contributed by atoms with E-state index in [1.807, 2.05) is 0 Å². The fourth-order valence-corrected chi connectivity index (χ4v) is 10.1. The van der Waals surface area contributed by atoms with E-state index in [0.717, 1.165) is 72.4 Å². The molecule has 0 N–H and O–H groups in total. The molecule has 0 saturated heterocycles. The quantitative estimate of drug-likeness (QED) is 0.135. The molecule has 312 valence electrons. The topological polar surface area (TPSA) is 25.8 Å². The Morgan fingerprint density at radius 3 is 1.85 bits per heavy atom. The highest BCUT2D eigenvalue weighted by Crippen LogP contribution is 2.48. The Bertz CT molecular complexity index is 3270. The Morgan fingerprint density at radius 1 is 0.492 bits per heavy atom. The summed E-state index contributed by atoms with van der Waals surface area (Å²) in [7, 11) is 0. The molecular formula is C63H50N2. The van der Waals surface area contributed by atoms with E-state index in [0.29, 0.717) is 0 Å². The van der Waals surface area contributed by atoms with Crippen molar-refractivity contribution >= 4 is 34.6 Å². The zero-order valence-corrected chi connectivity index (χ0v) is 36.8. The molecule has 3 aliphatic carbocycles. The molecule has 0 unspecified atom stereocenters. The maximum Gasteiger partial charge on any atom is 0.0972 e. The average Bonchev–Trinajstić information content (AvgIpc) is 3.38. The first kappa shape index (κ1) is 40.1. The highest BCUT2D eigenvalue weighted by atomic mass is 14.9. The van der Waals surface area contributed by atoms with Crippen LogP contribution in [0.3, 0.4) is 0 Å². The Morgan fingerprint density at radius 2 is 1.15 bits per heavy atom. The molecule has 0 spiro atoms. The summed E-state index contributed by atoms with van der Waals surface area (Å²) in [5.41, 5.74) is 23.0. The second-order valence-electron chi connectivity index (χ2n) is 17.3. The van der Waals surface area contributed by atoms with Gasteiger partial charge in [0.05, 0.1) is 22.8 Å². The van der Waals surface area contributed by atoms with Crippen LogP contribution < -0.4 is 0 Å². The van der Waals surface area contributed by atoms with Gasteiger partial charge < -0.3 is 0 Å².